The Bertz CT molecular complexity index is 1890. The van der Waals surface area contributed by atoms with Crippen LogP contribution in [-0.2, 0) is 38.6 Å². The maximum absolute atomic E-state index is 12.0. The number of carbonyl (C=O) groups excluding carboxylic acids is 2. The van der Waals surface area contributed by atoms with E-state index in [1.165, 1.54) is 277 Å². The van der Waals surface area contributed by atoms with Gasteiger partial charge in [-0.1, -0.05) is 229 Å². The quantitative estimate of drug-likeness (QED) is 0.0258. The van der Waals surface area contributed by atoms with Crippen LogP contribution in [0.15, 0.2) is 0 Å². The van der Waals surface area contributed by atoms with Crippen LogP contribution in [0.3, 0.4) is 0 Å². The van der Waals surface area contributed by atoms with Crippen LogP contribution in [0.5, 0.6) is 0 Å². The Morgan fingerprint density at radius 3 is 1.16 bits per heavy atom. The number of carbonyl (C=O) groups is 2. The molecule has 538 valence electrons. The third-order valence-electron chi connectivity index (χ3n) is 27.9. The Morgan fingerprint density at radius 2 is 0.674 bits per heavy atom. The van der Waals surface area contributed by atoms with E-state index in [9.17, 15) is 9.59 Å². The molecule has 6 rings (SSSR count). The van der Waals surface area contributed by atoms with Gasteiger partial charge in [0, 0.05) is 12.8 Å². The highest BCUT2D eigenvalue weighted by molar-refractivity contribution is 5.69. The van der Waals surface area contributed by atoms with Gasteiger partial charge in [0.1, 0.15) is 0 Å². The van der Waals surface area contributed by atoms with E-state index < -0.39 is 0 Å². The van der Waals surface area contributed by atoms with Gasteiger partial charge >= 0.3 is 11.9 Å². The van der Waals surface area contributed by atoms with Crippen LogP contribution in [0.25, 0.3) is 0 Å². The van der Waals surface area contributed by atoms with E-state index in [4.69, 9.17) is 29.0 Å². The van der Waals surface area contributed by atoms with Gasteiger partial charge in [0.05, 0.1) is 41.7 Å². The predicted octanol–water partition coefficient (Wildman–Crippen LogP) is 24.2. The zero-order valence-electron chi connectivity index (χ0n) is 62.9. The summed E-state index contributed by atoms with van der Waals surface area (Å²) in [6.07, 6.45) is 62.9. The van der Waals surface area contributed by atoms with Gasteiger partial charge in [-0.3, -0.25) is 9.59 Å². The van der Waals surface area contributed by atoms with Gasteiger partial charge in [0.25, 0.3) is 0 Å². The highest BCUT2D eigenvalue weighted by atomic mass is 17.2. The van der Waals surface area contributed by atoms with Crippen molar-refractivity contribution < 1.29 is 38.6 Å². The summed E-state index contributed by atoms with van der Waals surface area (Å²) < 4.78 is 9.97. The summed E-state index contributed by atoms with van der Waals surface area (Å²) in [5.41, 5.74) is 0. The first-order valence-electron chi connectivity index (χ1n) is 41.0. The molecule has 92 heavy (non-hydrogen) atoms. The first-order chi connectivity index (χ1) is 44.5. The number of ether oxygens (including phenoxy) is 2. The molecule has 0 bridgehead atoms. The monoisotopic (exact) mass is 1290 g/mol. The van der Waals surface area contributed by atoms with Crippen LogP contribution in [0.2, 0.25) is 0 Å². The Morgan fingerprint density at radius 1 is 0.315 bits per heavy atom. The second-order valence-corrected chi connectivity index (χ2v) is 34.9. The van der Waals surface area contributed by atoms with Crippen molar-refractivity contribution in [1.82, 2.24) is 0 Å². The number of methoxy groups -OCH3 is 2. The fourth-order valence-electron chi connectivity index (χ4n) is 21.0. The lowest BCUT2D eigenvalue weighted by Crippen LogP contribution is -2.14. The van der Waals surface area contributed by atoms with E-state index in [1.54, 1.807) is 21.3 Å². The molecule has 6 aliphatic carbocycles. The topological polar surface area (TPSA) is 89.5 Å². The van der Waals surface area contributed by atoms with Crippen molar-refractivity contribution in [3.63, 3.8) is 0 Å². The largest absolute Gasteiger partial charge is 0.469 e. The van der Waals surface area contributed by atoms with Crippen molar-refractivity contribution in [1.29, 1.82) is 0 Å². The minimum Gasteiger partial charge on any atom is -0.469 e. The van der Waals surface area contributed by atoms with Gasteiger partial charge in [0.2, 0.25) is 0 Å². The van der Waals surface area contributed by atoms with E-state index >= 15 is 0 Å². The van der Waals surface area contributed by atoms with Crippen molar-refractivity contribution in [2.75, 3.05) is 41.7 Å². The van der Waals surface area contributed by atoms with Crippen molar-refractivity contribution in [3.05, 3.63) is 0 Å². The molecule has 6 saturated carbocycles. The summed E-state index contributed by atoms with van der Waals surface area (Å²) in [5.74, 6) is 18.6. The fraction of sp³-hybridized carbons (Fsp3) is 0.976. The minimum absolute atomic E-state index is 0.00807. The Kier molecular flexibility index (Phi) is 39.4. The van der Waals surface area contributed by atoms with Crippen molar-refractivity contribution in [2.45, 2.75) is 351 Å². The maximum Gasteiger partial charge on any atom is 0.305 e. The average molecular weight is 1290 g/mol. The van der Waals surface area contributed by atoms with Gasteiger partial charge in [0.15, 0.2) is 0 Å². The third-order valence-corrected chi connectivity index (χ3v) is 27.9. The van der Waals surface area contributed by atoms with E-state index in [2.05, 4.69) is 55.4 Å². The van der Waals surface area contributed by atoms with E-state index in [0.717, 1.165) is 138 Å². The number of hydrogen-bond donors (Lipinski definition) is 0. The lowest BCUT2D eigenvalue weighted by molar-refractivity contribution is -0.274. The molecule has 8 nitrogen and oxygen atoms in total. The van der Waals surface area contributed by atoms with Gasteiger partial charge < -0.3 is 9.47 Å². The van der Waals surface area contributed by atoms with Crippen molar-refractivity contribution >= 4 is 11.9 Å². The molecule has 0 saturated heterocycles. The van der Waals surface area contributed by atoms with Crippen LogP contribution in [0.1, 0.15) is 351 Å². The van der Waals surface area contributed by atoms with E-state index in [0.29, 0.717) is 31.3 Å². The van der Waals surface area contributed by atoms with Gasteiger partial charge in [-0.05, 0) is 239 Å². The lowest BCUT2D eigenvalue weighted by Gasteiger charge is -2.26. The molecule has 0 heterocycles. The molecule has 2 unspecified atom stereocenters. The summed E-state index contributed by atoms with van der Waals surface area (Å²) in [5, 5.41) is 0. The molecular weight excluding hydrogens is 1140 g/mol. The van der Waals surface area contributed by atoms with E-state index in [-0.39, 0.29) is 11.9 Å². The molecule has 6 fully saturated rings. The highest BCUT2D eigenvalue weighted by Crippen LogP contribution is 2.50. The predicted molar refractivity (Wildman–Crippen MR) is 385 cm³/mol. The molecule has 0 aliphatic heterocycles. The van der Waals surface area contributed by atoms with Crippen LogP contribution in [0, 0.1) is 130 Å². The lowest BCUT2D eigenvalue weighted by atomic mass is 9.79. The SMILES string of the molecule is COOCC[C@H](C)CCC[C@H]1CC[C@H]([C@H](C)CCC[C@@H](CC[C@@H](C)CCC[C@@H](C)[C@H]2CC[C@H](CCC[C@@H](C)CC(=O)OC)C2)CC[C@@H](CCC[C@@H](C)[C@H]2CC[C@H](C3CC[C@H](CCOOC)C3)C2)CC[C@@H](C)CCC[C@@H](C)[C@H]2CC[C@H](C3CC[C@H](CC(=O)OC)C3)C2)C1. The molecule has 6 aliphatic rings. The first-order valence-corrected chi connectivity index (χ1v) is 41.0. The second-order valence-electron chi connectivity index (χ2n) is 34.9. The zero-order chi connectivity index (χ0) is 66.0. The summed E-state index contributed by atoms with van der Waals surface area (Å²) in [7, 11) is 6.33. The average Bonchev–Trinajstić information content (AvgIpc) is 2.38. The van der Waals surface area contributed by atoms with Gasteiger partial charge in [-0.2, -0.15) is 0 Å². The standard InChI is InChI=1S/C84H154O8/c1-61(19-13-23-65(5)75-41-38-72(55-75)30-16-22-64(4)53-83(85)87-9)31-33-69(27-17-25-66(6)76-42-37-71(54-76)29-15-21-63(3)49-51-91-89-11)35-36-70(28-18-26-68(8)78-45-47-81(59-78)79-43-39-73(56-79)50-52-92-90-12)34-32-62(2)20-14-24-67(7)77-46-48-82(60-77)80-44-40-74(57-80)58-84(86)88-10/h61-82H,13-60H2,1-12H3/t61-,62-,63+,64+,65+,66+,67+,68+,69-,70-,71-,72-,73+,74-,75-,76-,77-,78-,79?,80?,81-,82-/m0/s1. The summed E-state index contributed by atoms with van der Waals surface area (Å²) in [6.45, 7) is 21.8. The third kappa shape index (κ3) is 30.5. The van der Waals surface area contributed by atoms with Crippen molar-refractivity contribution in [2.24, 2.45) is 130 Å². The number of rotatable bonds is 51. The second kappa shape index (κ2) is 45.4. The van der Waals surface area contributed by atoms with Crippen LogP contribution in [-0.4, -0.2) is 53.6 Å². The molecule has 0 spiro atoms. The summed E-state index contributed by atoms with van der Waals surface area (Å²) >= 11 is 0. The molecule has 0 aromatic heterocycles. The molecule has 0 aromatic rings. The molecule has 0 N–H and O–H groups in total. The van der Waals surface area contributed by atoms with Gasteiger partial charge in [-0.25, -0.2) is 19.6 Å². The molecule has 0 amide bonds. The maximum atomic E-state index is 12.0. The Hall–Kier alpha value is -1.22. The fourth-order valence-corrected chi connectivity index (χ4v) is 21.0. The molecule has 22 atom stereocenters. The minimum atomic E-state index is -0.0553. The Labute approximate surface area is 570 Å². The highest BCUT2D eigenvalue weighted by Gasteiger charge is 2.39. The van der Waals surface area contributed by atoms with Gasteiger partial charge in [-0.15, -0.1) is 0 Å². The van der Waals surface area contributed by atoms with Crippen LogP contribution >= 0.6 is 0 Å². The summed E-state index contributed by atoms with van der Waals surface area (Å²) in [4.78, 5) is 44.1. The smallest absolute Gasteiger partial charge is 0.305 e. The van der Waals surface area contributed by atoms with Crippen LogP contribution < -0.4 is 0 Å². The molecule has 0 radical (unpaired) electrons. The number of hydrogen-bond acceptors (Lipinski definition) is 8. The van der Waals surface area contributed by atoms with Crippen LogP contribution in [0.4, 0.5) is 0 Å². The molecular formula is C84H154O8. The van der Waals surface area contributed by atoms with E-state index in [1.807, 2.05) is 0 Å². The molecule has 0 aromatic carbocycles. The Balaban J connectivity index is 0.999. The summed E-state index contributed by atoms with van der Waals surface area (Å²) in [6, 6.07) is 0. The first kappa shape index (κ1) is 79.8. The normalized spacial score (nSPS) is 30.1. The zero-order valence-corrected chi connectivity index (χ0v) is 62.9. The number of esters is 2. The molecule has 8 heteroatoms. The van der Waals surface area contributed by atoms with Crippen molar-refractivity contribution in [3.8, 4) is 0 Å².